The lowest BCUT2D eigenvalue weighted by Crippen LogP contribution is -2.42. The third kappa shape index (κ3) is 7.96. The van der Waals surface area contributed by atoms with Crippen LogP contribution in [0.2, 0.25) is 0 Å². The van der Waals surface area contributed by atoms with E-state index >= 15 is 0 Å². The van der Waals surface area contributed by atoms with Gasteiger partial charge in [0.05, 0.1) is 20.3 Å². The van der Waals surface area contributed by atoms with E-state index in [1.165, 1.54) is 18.3 Å². The number of rotatable bonds is 10. The highest BCUT2D eigenvalue weighted by atomic mass is 127. The van der Waals surface area contributed by atoms with Crippen LogP contribution in [0.3, 0.4) is 0 Å². The van der Waals surface area contributed by atoms with Crippen molar-refractivity contribution in [1.82, 2.24) is 9.55 Å². The van der Waals surface area contributed by atoms with Crippen LogP contribution in [0.5, 0.6) is 0 Å². The second kappa shape index (κ2) is 15.7. The Bertz CT molecular complexity index is 2050. The van der Waals surface area contributed by atoms with Gasteiger partial charge >= 0.3 is 23.6 Å². The van der Waals surface area contributed by atoms with Crippen LogP contribution in [0.4, 0.5) is 5.82 Å². The molecule has 4 aromatic carbocycles. The van der Waals surface area contributed by atoms with Crippen molar-refractivity contribution in [3.05, 3.63) is 164 Å². The van der Waals surface area contributed by atoms with Gasteiger partial charge in [-0.3, -0.25) is 9.36 Å². The van der Waals surface area contributed by atoms with Gasteiger partial charge in [0.25, 0.3) is 5.91 Å². The molecule has 6 rings (SSSR count). The van der Waals surface area contributed by atoms with Gasteiger partial charge in [0, 0.05) is 11.8 Å². The Kier molecular flexibility index (Phi) is 10.7. The molecule has 13 heteroatoms. The molecule has 1 N–H and O–H groups in total. The fourth-order valence-electron chi connectivity index (χ4n) is 5.17. The Morgan fingerprint density at radius 2 is 1.14 bits per heavy atom. The van der Waals surface area contributed by atoms with Crippen molar-refractivity contribution in [1.29, 1.82) is 0 Å². The van der Waals surface area contributed by atoms with Crippen molar-refractivity contribution in [2.45, 2.75) is 24.5 Å². The molecule has 0 saturated carbocycles. The summed E-state index contributed by atoms with van der Waals surface area (Å²) in [7, 11) is 0. The number of benzene rings is 4. The summed E-state index contributed by atoms with van der Waals surface area (Å²) in [6, 6.07) is 32.9. The summed E-state index contributed by atoms with van der Waals surface area (Å²) in [6.45, 7) is -0.430. The second-order valence-corrected chi connectivity index (χ2v) is 12.1. The number of halogens is 1. The summed E-state index contributed by atoms with van der Waals surface area (Å²) in [5.74, 6) is -2.70. The van der Waals surface area contributed by atoms with E-state index in [1.807, 2.05) is 22.6 Å². The molecule has 12 nitrogen and oxygen atoms in total. The van der Waals surface area contributed by atoms with Gasteiger partial charge in [-0.05, 0) is 71.1 Å². The van der Waals surface area contributed by atoms with E-state index in [9.17, 15) is 24.0 Å². The number of amides is 1. The number of anilines is 1. The second-order valence-electron chi connectivity index (χ2n) is 10.9. The van der Waals surface area contributed by atoms with Crippen LogP contribution in [-0.2, 0) is 18.9 Å². The van der Waals surface area contributed by atoms with Crippen LogP contribution in [0.25, 0.3) is 0 Å². The lowest BCUT2D eigenvalue weighted by atomic mass is 10.1. The van der Waals surface area contributed by atoms with Gasteiger partial charge in [0.2, 0.25) is 0 Å². The summed E-state index contributed by atoms with van der Waals surface area (Å²) in [5, 5.41) is 2.64. The number of carbonyl (C=O) groups excluding carboxylic acids is 4. The molecule has 50 heavy (non-hydrogen) atoms. The van der Waals surface area contributed by atoms with Crippen LogP contribution < -0.4 is 11.0 Å². The molecule has 0 spiro atoms. The topological polar surface area (TPSA) is 152 Å². The molecular weight excluding hydrogens is 757 g/mol. The molecule has 1 saturated heterocycles. The largest absolute Gasteiger partial charge is 0.459 e. The number of nitrogens with zero attached hydrogens (tertiary/aromatic N) is 2. The van der Waals surface area contributed by atoms with Crippen LogP contribution >= 0.6 is 22.6 Å². The number of nitrogens with one attached hydrogen (secondary N) is 1. The predicted octanol–water partition coefficient (Wildman–Crippen LogP) is 5.31. The van der Waals surface area contributed by atoms with Crippen molar-refractivity contribution >= 4 is 52.2 Å². The first kappa shape index (κ1) is 34.2. The SMILES string of the molecule is O=C(Nc1nc(=O)n([C@@H]2O[C@H](COC(=O)c3ccccc3)C(OC(=O)c3ccccc3)[C@@H]2OC(=O)c2ccccc2)cc1I)c1ccccc1. The summed E-state index contributed by atoms with van der Waals surface area (Å²) in [5.41, 5.74) is 0.162. The minimum atomic E-state index is -1.42. The first-order valence-corrected chi connectivity index (χ1v) is 16.4. The van der Waals surface area contributed by atoms with Gasteiger partial charge in [-0.15, -0.1) is 0 Å². The average molecular weight is 786 g/mol. The highest BCUT2D eigenvalue weighted by molar-refractivity contribution is 14.1. The summed E-state index contributed by atoms with van der Waals surface area (Å²) in [4.78, 5) is 70.2. The highest BCUT2D eigenvalue weighted by Gasteiger charge is 2.52. The average Bonchev–Trinajstić information content (AvgIpc) is 3.48. The lowest BCUT2D eigenvalue weighted by Gasteiger charge is -2.25. The van der Waals surface area contributed by atoms with Crippen LogP contribution in [0.1, 0.15) is 47.7 Å². The predicted molar refractivity (Wildman–Crippen MR) is 188 cm³/mol. The van der Waals surface area contributed by atoms with Gasteiger partial charge in [0.1, 0.15) is 12.7 Å². The van der Waals surface area contributed by atoms with Crippen molar-refractivity contribution in [2.24, 2.45) is 0 Å². The molecular formula is C37H28IN3O9. The third-order valence-corrected chi connectivity index (χ3v) is 8.42. The zero-order valence-corrected chi connectivity index (χ0v) is 28.2. The molecule has 2 heterocycles. The summed E-state index contributed by atoms with van der Waals surface area (Å²) in [6.07, 6.45) is -4.00. The van der Waals surface area contributed by atoms with Crippen molar-refractivity contribution in [3.8, 4) is 0 Å². The first-order valence-electron chi connectivity index (χ1n) is 15.3. The molecule has 0 bridgehead atoms. The maximum absolute atomic E-state index is 13.6. The van der Waals surface area contributed by atoms with E-state index in [0.29, 0.717) is 9.13 Å². The third-order valence-electron chi connectivity index (χ3n) is 7.63. The van der Waals surface area contributed by atoms with E-state index < -0.39 is 60.7 Å². The normalized spacial score (nSPS) is 18.1. The van der Waals surface area contributed by atoms with E-state index in [1.54, 1.807) is 109 Å². The minimum Gasteiger partial charge on any atom is -0.459 e. The number of esters is 3. The molecule has 1 aliphatic rings. The van der Waals surface area contributed by atoms with Crippen LogP contribution in [-0.4, -0.2) is 58.3 Å². The molecule has 1 fully saturated rings. The Morgan fingerprint density at radius 3 is 1.66 bits per heavy atom. The molecule has 1 unspecified atom stereocenters. The number of ether oxygens (including phenoxy) is 4. The Balaban J connectivity index is 1.35. The number of aromatic nitrogens is 2. The summed E-state index contributed by atoms with van der Waals surface area (Å²) < 4.78 is 25.1. The Labute approximate surface area is 299 Å². The molecule has 1 aliphatic heterocycles. The highest BCUT2D eigenvalue weighted by Crippen LogP contribution is 2.35. The Morgan fingerprint density at radius 1 is 0.680 bits per heavy atom. The molecule has 252 valence electrons. The van der Waals surface area contributed by atoms with Crippen molar-refractivity contribution < 1.29 is 38.1 Å². The van der Waals surface area contributed by atoms with Crippen molar-refractivity contribution in [3.63, 3.8) is 0 Å². The number of carbonyl (C=O) groups is 4. The number of hydrogen-bond donors (Lipinski definition) is 1. The standard InChI is InChI=1S/C37H28IN3O9/c38-27-21-41(37(46)40-31(27)39-32(42)23-13-5-1-6-14-23)33-30(50-36(45)26-19-11-4-12-20-26)29(49-35(44)25-17-9-3-10-18-25)28(48-33)22-47-34(43)24-15-7-2-8-16-24/h1-21,28-30,33H,22H2,(H,39,40,42,46)/t28-,29?,30+,33-/m1/s1. The fraction of sp³-hybridized carbons (Fsp3) is 0.135. The zero-order valence-electron chi connectivity index (χ0n) is 26.1. The van der Waals surface area contributed by atoms with Gasteiger partial charge in [0.15, 0.2) is 24.3 Å². The van der Waals surface area contributed by atoms with E-state index in [4.69, 9.17) is 18.9 Å². The van der Waals surface area contributed by atoms with Gasteiger partial charge in [-0.25, -0.2) is 19.2 Å². The number of hydrogen-bond acceptors (Lipinski definition) is 10. The van der Waals surface area contributed by atoms with Gasteiger partial charge in [-0.2, -0.15) is 4.98 Å². The fourth-order valence-corrected chi connectivity index (χ4v) is 5.72. The molecule has 4 atom stereocenters. The molecule has 0 radical (unpaired) electrons. The van der Waals surface area contributed by atoms with Crippen LogP contribution in [0.15, 0.2) is 132 Å². The van der Waals surface area contributed by atoms with E-state index in [-0.39, 0.29) is 22.5 Å². The minimum absolute atomic E-state index is 0.00285. The van der Waals surface area contributed by atoms with E-state index in [0.717, 1.165) is 4.57 Å². The van der Waals surface area contributed by atoms with Gasteiger partial charge < -0.3 is 24.3 Å². The maximum Gasteiger partial charge on any atom is 0.351 e. The summed E-state index contributed by atoms with van der Waals surface area (Å²) >= 11 is 1.90. The monoisotopic (exact) mass is 785 g/mol. The Hall–Kier alpha value is -5.67. The zero-order chi connectivity index (χ0) is 35.0. The molecule has 1 aromatic heterocycles. The maximum atomic E-state index is 13.6. The van der Waals surface area contributed by atoms with Gasteiger partial charge in [-0.1, -0.05) is 72.8 Å². The lowest BCUT2D eigenvalue weighted by molar-refractivity contribution is -0.0640. The molecule has 1 amide bonds. The van der Waals surface area contributed by atoms with Crippen molar-refractivity contribution in [2.75, 3.05) is 11.9 Å². The van der Waals surface area contributed by atoms with E-state index in [2.05, 4.69) is 10.3 Å². The molecule has 0 aliphatic carbocycles. The molecule has 5 aromatic rings. The van der Waals surface area contributed by atoms with Crippen LogP contribution in [0, 0.1) is 3.57 Å². The smallest absolute Gasteiger partial charge is 0.351 e. The quantitative estimate of drug-likeness (QED) is 0.112. The first-order chi connectivity index (χ1) is 24.3.